The van der Waals surface area contributed by atoms with Crippen LogP contribution in [0, 0.1) is 5.92 Å². The van der Waals surface area contributed by atoms with Gasteiger partial charge in [0.05, 0.1) is 5.92 Å². The molecule has 1 aliphatic heterocycles. The van der Waals surface area contributed by atoms with E-state index in [1.54, 1.807) is 18.2 Å². The van der Waals surface area contributed by atoms with Crippen LogP contribution in [0.25, 0.3) is 5.76 Å². The normalized spacial score (nSPS) is 14.5. The molecule has 0 fully saturated rings. The van der Waals surface area contributed by atoms with Gasteiger partial charge < -0.3 is 23.7 Å². The molecule has 1 aliphatic rings. The van der Waals surface area contributed by atoms with Crippen LogP contribution in [-0.4, -0.2) is 29.8 Å². The van der Waals surface area contributed by atoms with E-state index in [2.05, 4.69) is 0 Å². The molecule has 1 unspecified atom stereocenters. The molecule has 10 nitrogen and oxygen atoms in total. The fraction of sp³-hybridized carbons (Fsp3) is 0.240. The minimum Gasteiger partial charge on any atom is -0.426 e. The number of hydrogen-bond donors (Lipinski definition) is 0. The lowest BCUT2D eigenvalue weighted by molar-refractivity contribution is -0.138. The summed E-state index contributed by atoms with van der Waals surface area (Å²) in [7, 11) is 0. The summed E-state index contributed by atoms with van der Waals surface area (Å²) in [6, 6.07) is 9.02. The third-order valence-corrected chi connectivity index (χ3v) is 4.57. The molecule has 0 N–H and O–H groups in total. The Morgan fingerprint density at radius 1 is 0.714 bits per heavy atom. The Balaban J connectivity index is 1.86. The molecule has 35 heavy (non-hydrogen) atoms. The average molecular weight is 482 g/mol. The first-order valence-corrected chi connectivity index (χ1v) is 10.5. The molecular formula is C25H22O10. The van der Waals surface area contributed by atoms with Crippen LogP contribution in [0.15, 0.2) is 42.5 Å². The molecule has 2 aromatic rings. The van der Waals surface area contributed by atoms with Gasteiger partial charge in [0.2, 0.25) is 0 Å². The highest BCUT2D eigenvalue weighted by Crippen LogP contribution is 2.36. The van der Waals surface area contributed by atoms with Crippen LogP contribution in [0.5, 0.6) is 23.0 Å². The maximum Gasteiger partial charge on any atom is 0.318 e. The second-order valence-corrected chi connectivity index (χ2v) is 7.58. The maximum atomic E-state index is 12.5. The van der Waals surface area contributed by atoms with Crippen LogP contribution >= 0.6 is 0 Å². The third kappa shape index (κ3) is 6.76. The van der Waals surface area contributed by atoms with Crippen LogP contribution in [0.2, 0.25) is 0 Å². The number of carbonyl (C=O) groups excluding carboxylic acids is 5. The third-order valence-electron chi connectivity index (χ3n) is 4.57. The van der Waals surface area contributed by atoms with Gasteiger partial charge in [0.15, 0.2) is 23.0 Å². The summed E-state index contributed by atoms with van der Waals surface area (Å²) in [6.07, 6.45) is 1.81. The molecule has 0 radical (unpaired) electrons. The van der Waals surface area contributed by atoms with Crippen molar-refractivity contribution in [1.82, 2.24) is 0 Å². The molecule has 0 amide bonds. The topological polar surface area (TPSA) is 132 Å². The van der Waals surface area contributed by atoms with Gasteiger partial charge >= 0.3 is 29.8 Å². The van der Waals surface area contributed by atoms with Crippen LogP contribution in [-0.2, 0) is 35.1 Å². The smallest absolute Gasteiger partial charge is 0.318 e. The van der Waals surface area contributed by atoms with E-state index in [4.69, 9.17) is 23.7 Å². The summed E-state index contributed by atoms with van der Waals surface area (Å²) in [5, 5.41) is 0. The Bertz CT molecular complexity index is 1240. The van der Waals surface area contributed by atoms with E-state index >= 15 is 0 Å². The molecule has 2 aromatic carbocycles. The van der Waals surface area contributed by atoms with Gasteiger partial charge in [-0.15, -0.1) is 0 Å². The quantitative estimate of drug-likeness (QED) is 0.428. The van der Waals surface area contributed by atoms with Gasteiger partial charge in [-0.3, -0.25) is 24.0 Å². The second kappa shape index (κ2) is 10.6. The molecule has 10 heteroatoms. The predicted molar refractivity (Wildman–Crippen MR) is 119 cm³/mol. The molecule has 182 valence electrons. The molecule has 0 saturated heterocycles. The monoisotopic (exact) mass is 482 g/mol. The summed E-state index contributed by atoms with van der Waals surface area (Å²) < 4.78 is 25.7. The van der Waals surface area contributed by atoms with Crippen molar-refractivity contribution in [3.63, 3.8) is 0 Å². The van der Waals surface area contributed by atoms with Crippen molar-refractivity contribution in [2.45, 2.75) is 34.1 Å². The zero-order valence-electron chi connectivity index (χ0n) is 19.4. The van der Waals surface area contributed by atoms with Crippen molar-refractivity contribution >= 4 is 35.6 Å². The van der Waals surface area contributed by atoms with Crippen LogP contribution in [0.1, 0.15) is 38.8 Å². The lowest BCUT2D eigenvalue weighted by Crippen LogP contribution is -2.12. The summed E-state index contributed by atoms with van der Waals surface area (Å²) in [5.74, 6) is -3.17. The molecule has 0 saturated carbocycles. The zero-order chi connectivity index (χ0) is 25.7. The van der Waals surface area contributed by atoms with Crippen LogP contribution in [0.4, 0.5) is 0 Å². The highest BCUT2D eigenvalue weighted by molar-refractivity contribution is 5.88. The number of rotatable bonds is 7. The fourth-order valence-electron chi connectivity index (χ4n) is 3.31. The standard InChI is InChI=1S/C25H22O10/c1-13(26)31-20-7-5-17(10-23(20)33-15(3)28)9-19-12-22(35-25(19)30)18-6-8-21(32-14(2)27)24(11-18)34-16(4)29/h5-8,10-12,19H,9H2,1-4H3. The van der Waals surface area contributed by atoms with E-state index in [0.29, 0.717) is 11.1 Å². The molecule has 0 aliphatic carbocycles. The first kappa shape index (κ1) is 25.2. The maximum absolute atomic E-state index is 12.5. The minimum atomic E-state index is -0.667. The summed E-state index contributed by atoms with van der Waals surface area (Å²) >= 11 is 0. The molecular weight excluding hydrogens is 460 g/mol. The lowest BCUT2D eigenvalue weighted by Gasteiger charge is -2.11. The van der Waals surface area contributed by atoms with Crippen LogP contribution in [0.3, 0.4) is 0 Å². The lowest BCUT2D eigenvalue weighted by atomic mass is 9.98. The molecule has 0 spiro atoms. The van der Waals surface area contributed by atoms with Gasteiger partial charge in [-0.25, -0.2) is 0 Å². The summed E-state index contributed by atoms with van der Waals surface area (Å²) in [5.41, 5.74) is 1.06. The van der Waals surface area contributed by atoms with Crippen molar-refractivity contribution in [3.8, 4) is 23.0 Å². The van der Waals surface area contributed by atoms with Gasteiger partial charge in [-0.05, 0) is 48.4 Å². The highest BCUT2D eigenvalue weighted by atomic mass is 16.6. The molecule has 1 heterocycles. The number of carbonyl (C=O) groups is 5. The summed E-state index contributed by atoms with van der Waals surface area (Å²) in [6.45, 7) is 4.84. The van der Waals surface area contributed by atoms with Crippen LogP contribution < -0.4 is 18.9 Å². The number of cyclic esters (lactones) is 1. The van der Waals surface area contributed by atoms with E-state index in [1.165, 1.54) is 52.0 Å². The number of esters is 5. The summed E-state index contributed by atoms with van der Waals surface area (Å²) in [4.78, 5) is 58.0. The Morgan fingerprint density at radius 3 is 1.74 bits per heavy atom. The van der Waals surface area contributed by atoms with Crippen molar-refractivity contribution in [1.29, 1.82) is 0 Å². The van der Waals surface area contributed by atoms with Crippen molar-refractivity contribution < 1.29 is 47.7 Å². The first-order valence-electron chi connectivity index (χ1n) is 10.5. The Morgan fingerprint density at radius 2 is 1.20 bits per heavy atom. The van der Waals surface area contributed by atoms with Gasteiger partial charge in [0, 0.05) is 33.3 Å². The van der Waals surface area contributed by atoms with E-state index in [-0.39, 0.29) is 35.2 Å². The second-order valence-electron chi connectivity index (χ2n) is 7.58. The zero-order valence-corrected chi connectivity index (χ0v) is 19.4. The largest absolute Gasteiger partial charge is 0.426 e. The highest BCUT2D eigenvalue weighted by Gasteiger charge is 2.29. The van der Waals surface area contributed by atoms with Crippen molar-refractivity contribution in [3.05, 3.63) is 53.6 Å². The molecule has 0 aromatic heterocycles. The minimum absolute atomic E-state index is 0.00215. The average Bonchev–Trinajstić information content (AvgIpc) is 3.10. The fourth-order valence-corrected chi connectivity index (χ4v) is 3.31. The molecule has 3 rings (SSSR count). The number of benzene rings is 2. The van der Waals surface area contributed by atoms with Gasteiger partial charge in [-0.2, -0.15) is 0 Å². The first-order chi connectivity index (χ1) is 16.5. The predicted octanol–water partition coefficient (Wildman–Crippen LogP) is 3.14. The van der Waals surface area contributed by atoms with E-state index in [1.807, 2.05) is 0 Å². The van der Waals surface area contributed by atoms with Crippen molar-refractivity contribution in [2.24, 2.45) is 5.92 Å². The molecule has 0 bridgehead atoms. The Labute approximate surface area is 200 Å². The van der Waals surface area contributed by atoms with Crippen molar-refractivity contribution in [2.75, 3.05) is 0 Å². The van der Waals surface area contributed by atoms with Gasteiger partial charge in [0.25, 0.3) is 0 Å². The Hall–Kier alpha value is -4.47. The van der Waals surface area contributed by atoms with Gasteiger partial charge in [-0.1, -0.05) is 6.07 Å². The molecule has 1 atom stereocenters. The van der Waals surface area contributed by atoms with E-state index in [9.17, 15) is 24.0 Å². The number of ether oxygens (including phenoxy) is 5. The Kier molecular flexibility index (Phi) is 7.65. The SMILES string of the molecule is CC(=O)Oc1ccc(CC2C=C(c3ccc(OC(C)=O)c(OC(C)=O)c3)OC2=O)cc1OC(C)=O. The van der Waals surface area contributed by atoms with E-state index < -0.39 is 35.8 Å². The number of hydrogen-bond acceptors (Lipinski definition) is 10. The van der Waals surface area contributed by atoms with E-state index in [0.717, 1.165) is 0 Å². The van der Waals surface area contributed by atoms with Gasteiger partial charge in [0.1, 0.15) is 5.76 Å².